The Morgan fingerprint density at radius 1 is 1.22 bits per heavy atom. The average molecular weight is 322 g/mol. The van der Waals surface area contributed by atoms with Crippen molar-refractivity contribution in [2.45, 2.75) is 72.6 Å². The van der Waals surface area contributed by atoms with Gasteiger partial charge in [0.25, 0.3) is 0 Å². The maximum Gasteiger partial charge on any atom is 0.498 e. The molecule has 2 rings (SSSR count). The lowest BCUT2D eigenvalue weighted by atomic mass is 9.77. The molecule has 0 aliphatic carbocycles. The number of aromatic nitrogens is 2. The molecule has 1 aromatic heterocycles. The largest absolute Gasteiger partial charge is 0.498 e. The number of hydrogen-bond donors (Lipinski definition) is 0. The van der Waals surface area contributed by atoms with Crippen LogP contribution in [0.2, 0.25) is 0 Å². The molecular weight excluding hydrogens is 295 g/mol. The second-order valence-electron chi connectivity index (χ2n) is 6.95. The first-order chi connectivity index (χ1) is 10.6. The Labute approximate surface area is 138 Å². The van der Waals surface area contributed by atoms with Crippen molar-refractivity contribution in [3.05, 3.63) is 11.4 Å². The monoisotopic (exact) mass is 322 g/mol. The van der Waals surface area contributed by atoms with Crippen LogP contribution in [0.4, 0.5) is 0 Å². The number of carbonyl (C=O) groups is 1. The van der Waals surface area contributed by atoms with Gasteiger partial charge in [-0.2, -0.15) is 5.10 Å². The van der Waals surface area contributed by atoms with Gasteiger partial charge in [-0.05, 0) is 48.5 Å². The zero-order valence-corrected chi connectivity index (χ0v) is 15.2. The van der Waals surface area contributed by atoms with E-state index in [0.29, 0.717) is 19.6 Å². The Hall–Kier alpha value is -1.34. The third kappa shape index (κ3) is 3.45. The van der Waals surface area contributed by atoms with Crippen LogP contribution in [0.3, 0.4) is 0 Å². The number of ether oxygens (including phenoxy) is 1. The normalized spacial score (nSPS) is 19.2. The molecule has 6 nitrogen and oxygen atoms in total. The Balaban J connectivity index is 2.17. The molecule has 128 valence electrons. The zero-order chi connectivity index (χ0) is 17.4. The number of aryl methyl sites for hydroxylation is 2. The third-order valence-corrected chi connectivity index (χ3v) is 4.76. The summed E-state index contributed by atoms with van der Waals surface area (Å²) < 4.78 is 19.0. The number of rotatable bonds is 5. The molecule has 0 spiro atoms. The van der Waals surface area contributed by atoms with Gasteiger partial charge >= 0.3 is 13.1 Å². The predicted octanol–water partition coefficient (Wildman–Crippen LogP) is 1.75. The average Bonchev–Trinajstić information content (AvgIpc) is 2.80. The van der Waals surface area contributed by atoms with Crippen molar-refractivity contribution in [3.63, 3.8) is 0 Å². The van der Waals surface area contributed by atoms with E-state index in [1.165, 1.54) is 0 Å². The van der Waals surface area contributed by atoms with Gasteiger partial charge in [0.2, 0.25) is 0 Å². The minimum absolute atomic E-state index is 0.211. The van der Waals surface area contributed by atoms with Gasteiger partial charge < -0.3 is 14.0 Å². The summed E-state index contributed by atoms with van der Waals surface area (Å²) in [5.74, 6) is -0.211. The first-order valence-electron chi connectivity index (χ1n) is 8.14. The Morgan fingerprint density at radius 3 is 2.30 bits per heavy atom. The number of carbonyl (C=O) groups excluding carboxylic acids is 1. The fraction of sp³-hybridized carbons (Fsp3) is 0.750. The smallest absolute Gasteiger partial charge is 0.466 e. The van der Waals surface area contributed by atoms with Gasteiger partial charge in [-0.3, -0.25) is 9.48 Å². The summed E-state index contributed by atoms with van der Waals surface area (Å²) in [6.45, 7) is 14.7. The van der Waals surface area contributed by atoms with E-state index >= 15 is 0 Å². The summed E-state index contributed by atoms with van der Waals surface area (Å²) in [7, 11) is -0.434. The van der Waals surface area contributed by atoms with Gasteiger partial charge in [-0.15, -0.1) is 0 Å². The quantitative estimate of drug-likeness (QED) is 0.610. The maximum atomic E-state index is 11.5. The highest BCUT2D eigenvalue weighted by molar-refractivity contribution is 6.63. The fourth-order valence-corrected chi connectivity index (χ4v) is 2.66. The molecule has 0 aromatic carbocycles. The molecular formula is C16H27BN2O4. The van der Waals surface area contributed by atoms with Crippen molar-refractivity contribution >= 4 is 18.6 Å². The molecule has 7 heteroatoms. The van der Waals surface area contributed by atoms with E-state index in [2.05, 4.69) is 5.10 Å². The molecule has 0 amide bonds. The van der Waals surface area contributed by atoms with Crippen LogP contribution in [-0.2, 0) is 25.4 Å². The van der Waals surface area contributed by atoms with Crippen LogP contribution in [0.5, 0.6) is 0 Å². The van der Waals surface area contributed by atoms with Crippen molar-refractivity contribution in [1.29, 1.82) is 0 Å². The van der Waals surface area contributed by atoms with E-state index in [0.717, 1.165) is 16.9 Å². The molecule has 0 radical (unpaired) electrons. The van der Waals surface area contributed by atoms with Gasteiger partial charge in [0.05, 0.1) is 36.5 Å². The van der Waals surface area contributed by atoms with E-state index in [1.54, 1.807) is 6.92 Å². The van der Waals surface area contributed by atoms with Crippen molar-refractivity contribution in [3.8, 4) is 0 Å². The van der Waals surface area contributed by atoms with Crippen molar-refractivity contribution in [2.24, 2.45) is 0 Å². The molecule has 1 aliphatic rings. The van der Waals surface area contributed by atoms with E-state index in [1.807, 2.05) is 46.2 Å². The molecule has 1 aliphatic heterocycles. The second kappa shape index (κ2) is 6.28. The van der Waals surface area contributed by atoms with Crippen LogP contribution in [0.1, 0.15) is 52.4 Å². The summed E-state index contributed by atoms with van der Waals surface area (Å²) in [6, 6.07) is 0. The SMILES string of the molecule is CCOC(=O)CCn1nc(C)c(B2OC(C)(C)C(C)(C)O2)c1C. The standard InChI is InChI=1S/C16H27BN2O4/c1-8-21-13(20)9-10-19-12(3)14(11(2)18-19)17-22-15(4,5)16(6,7)23-17/h8-10H2,1-7H3. The fourth-order valence-electron chi connectivity index (χ4n) is 2.66. The predicted molar refractivity (Wildman–Crippen MR) is 88.7 cm³/mol. The number of nitrogens with zero attached hydrogens (tertiary/aromatic N) is 2. The maximum absolute atomic E-state index is 11.5. The first-order valence-corrected chi connectivity index (χ1v) is 8.14. The molecule has 2 heterocycles. The summed E-state index contributed by atoms with van der Waals surface area (Å²) in [4.78, 5) is 11.5. The van der Waals surface area contributed by atoms with E-state index in [4.69, 9.17) is 14.0 Å². The van der Waals surface area contributed by atoms with Crippen LogP contribution in [0.15, 0.2) is 0 Å². The second-order valence-corrected chi connectivity index (χ2v) is 6.95. The lowest BCUT2D eigenvalue weighted by Crippen LogP contribution is -2.41. The summed E-state index contributed by atoms with van der Waals surface area (Å²) in [5.41, 5.74) is 2.01. The van der Waals surface area contributed by atoms with Gasteiger partial charge in [-0.25, -0.2) is 0 Å². The van der Waals surface area contributed by atoms with E-state index in [-0.39, 0.29) is 17.2 Å². The first kappa shape index (κ1) is 18.0. The lowest BCUT2D eigenvalue weighted by Gasteiger charge is -2.32. The minimum atomic E-state index is -0.434. The highest BCUT2D eigenvalue weighted by Crippen LogP contribution is 2.36. The summed E-state index contributed by atoms with van der Waals surface area (Å²) in [6.07, 6.45) is 0.304. The van der Waals surface area contributed by atoms with Gasteiger partial charge in [0.15, 0.2) is 0 Å². The van der Waals surface area contributed by atoms with Crippen LogP contribution >= 0.6 is 0 Å². The van der Waals surface area contributed by atoms with Crippen molar-refractivity contribution in [2.75, 3.05) is 6.61 Å². The number of hydrogen-bond acceptors (Lipinski definition) is 5. The molecule has 1 fully saturated rings. The molecule has 0 N–H and O–H groups in total. The highest BCUT2D eigenvalue weighted by Gasteiger charge is 2.53. The highest BCUT2D eigenvalue weighted by atomic mass is 16.7. The van der Waals surface area contributed by atoms with E-state index in [9.17, 15) is 4.79 Å². The molecule has 23 heavy (non-hydrogen) atoms. The molecule has 1 saturated heterocycles. The molecule has 0 unspecified atom stereocenters. The van der Waals surface area contributed by atoms with Gasteiger partial charge in [0, 0.05) is 11.2 Å². The van der Waals surface area contributed by atoms with E-state index < -0.39 is 7.12 Å². The third-order valence-electron chi connectivity index (χ3n) is 4.76. The zero-order valence-electron chi connectivity index (χ0n) is 15.2. The topological polar surface area (TPSA) is 62.6 Å². The lowest BCUT2D eigenvalue weighted by molar-refractivity contribution is -0.143. The van der Waals surface area contributed by atoms with Gasteiger partial charge in [0.1, 0.15) is 0 Å². The van der Waals surface area contributed by atoms with Crippen molar-refractivity contribution in [1.82, 2.24) is 9.78 Å². The van der Waals surface area contributed by atoms with Crippen molar-refractivity contribution < 1.29 is 18.8 Å². The molecule has 0 bridgehead atoms. The van der Waals surface area contributed by atoms with Crippen LogP contribution in [0.25, 0.3) is 0 Å². The minimum Gasteiger partial charge on any atom is -0.466 e. The summed E-state index contributed by atoms with van der Waals surface area (Å²) >= 11 is 0. The van der Waals surface area contributed by atoms with Crippen LogP contribution in [-0.4, -0.2) is 40.7 Å². The molecule has 0 atom stereocenters. The molecule has 1 aromatic rings. The van der Waals surface area contributed by atoms with Crippen LogP contribution < -0.4 is 5.46 Å². The Bertz CT molecular complexity index is 579. The Kier molecular flexibility index (Phi) is 4.92. The molecule has 0 saturated carbocycles. The van der Waals surface area contributed by atoms with Gasteiger partial charge in [-0.1, -0.05) is 0 Å². The van der Waals surface area contributed by atoms with Crippen LogP contribution in [0, 0.1) is 13.8 Å². The number of esters is 1. The summed E-state index contributed by atoms with van der Waals surface area (Å²) in [5, 5.41) is 4.53. The Morgan fingerprint density at radius 2 is 1.78 bits per heavy atom.